The summed E-state index contributed by atoms with van der Waals surface area (Å²) in [6, 6.07) is 16.7. The van der Waals surface area contributed by atoms with E-state index in [1.165, 1.54) is 0 Å². The van der Waals surface area contributed by atoms with E-state index in [1.54, 1.807) is 38.1 Å². The maximum atomic E-state index is 12.1. The third-order valence-corrected chi connectivity index (χ3v) is 8.16. The lowest BCUT2D eigenvalue weighted by Gasteiger charge is -2.17. The Bertz CT molecular complexity index is 1430. The van der Waals surface area contributed by atoms with Crippen LogP contribution in [-0.2, 0) is 21.4 Å². The zero-order chi connectivity index (χ0) is 27.5. The number of aromatic nitrogens is 1. The van der Waals surface area contributed by atoms with Gasteiger partial charge in [0.1, 0.15) is 23.1 Å². The van der Waals surface area contributed by atoms with Gasteiger partial charge in [0.2, 0.25) is 21.8 Å². The molecule has 10 heteroatoms. The normalized spacial score (nSPS) is 16.6. The largest absolute Gasteiger partial charge is 0.489 e. The van der Waals surface area contributed by atoms with Crippen molar-refractivity contribution in [3.8, 4) is 22.8 Å². The fraction of sp³-hybridized carbons (Fsp3) is 0.357. The summed E-state index contributed by atoms with van der Waals surface area (Å²) in [5.74, 6) is 0.616. The number of benzene rings is 2. The summed E-state index contributed by atoms with van der Waals surface area (Å²) in [6.07, 6.45) is 0.422. The Hall–Kier alpha value is -3.79. The molecule has 1 aliphatic heterocycles. The fourth-order valence-corrected chi connectivity index (χ4v) is 5.80. The number of carbonyl (C=O) groups is 1. The Morgan fingerprint density at radius 2 is 1.82 bits per heavy atom. The molecule has 4 rings (SSSR count). The topological polar surface area (TPSA) is 124 Å². The number of pyridine rings is 1. The van der Waals surface area contributed by atoms with Gasteiger partial charge in [-0.05, 0) is 68.1 Å². The second-order valence-corrected chi connectivity index (χ2v) is 11.9. The van der Waals surface area contributed by atoms with Gasteiger partial charge >= 0.3 is 0 Å². The van der Waals surface area contributed by atoms with E-state index in [-0.39, 0.29) is 6.42 Å². The molecule has 0 bridgehead atoms. The first kappa shape index (κ1) is 27.3. The molecule has 1 aliphatic rings. The molecule has 9 nitrogen and oxygen atoms in total. The molecule has 1 amide bonds. The molecule has 200 valence electrons. The zero-order valence-electron chi connectivity index (χ0n) is 21.9. The first-order valence-corrected chi connectivity index (χ1v) is 13.8. The highest BCUT2D eigenvalue weighted by Crippen LogP contribution is 2.32. The van der Waals surface area contributed by atoms with Crippen LogP contribution in [0.1, 0.15) is 54.3 Å². The molecule has 0 saturated carbocycles. The predicted octanol–water partition coefficient (Wildman–Crippen LogP) is 5.15. The first-order chi connectivity index (χ1) is 18.0. The molecular weight excluding hydrogens is 506 g/mol. The van der Waals surface area contributed by atoms with E-state index in [1.807, 2.05) is 48.9 Å². The van der Waals surface area contributed by atoms with Gasteiger partial charge in [-0.3, -0.25) is 9.52 Å². The van der Waals surface area contributed by atoms with Crippen LogP contribution in [0.5, 0.6) is 11.6 Å². The second kappa shape index (κ2) is 10.9. The van der Waals surface area contributed by atoms with Gasteiger partial charge in [0.05, 0.1) is 13.0 Å². The number of hydrogen-bond acceptors (Lipinski definition) is 8. The van der Waals surface area contributed by atoms with Crippen LogP contribution < -0.4 is 14.2 Å². The van der Waals surface area contributed by atoms with Crippen molar-refractivity contribution in [3.05, 3.63) is 81.9 Å². The number of rotatable bonds is 10. The Morgan fingerprint density at radius 1 is 1.08 bits per heavy atom. The van der Waals surface area contributed by atoms with E-state index in [9.17, 15) is 18.1 Å². The van der Waals surface area contributed by atoms with Gasteiger partial charge in [-0.2, -0.15) is 4.91 Å². The lowest BCUT2D eigenvalue weighted by Crippen LogP contribution is -2.21. The Kier molecular flexibility index (Phi) is 7.82. The Labute approximate surface area is 222 Å². The smallest absolute Gasteiger partial charge is 0.242 e. The molecule has 2 aromatic carbocycles. The number of nitrogens with zero attached hydrogens (tertiary/aromatic N) is 2. The average molecular weight is 538 g/mol. The maximum absolute atomic E-state index is 12.1. The molecular formula is C28H31N3O6S. The summed E-state index contributed by atoms with van der Waals surface area (Å²) < 4.78 is 37.9. The van der Waals surface area contributed by atoms with Crippen molar-refractivity contribution in [2.45, 2.75) is 57.9 Å². The van der Waals surface area contributed by atoms with E-state index in [2.05, 4.69) is 10.2 Å². The molecule has 1 fully saturated rings. The lowest BCUT2D eigenvalue weighted by molar-refractivity contribution is -0.118. The van der Waals surface area contributed by atoms with Crippen LogP contribution in [0.25, 0.3) is 11.1 Å². The SMILES string of the molecule is Cc1cc(OCCC(C)(C)N=O)nc(C)c1-c1cccc(COc2ccc(C3CC(=O)NS3(=O)=O)cc2)c1. The third-order valence-electron chi connectivity index (χ3n) is 6.46. The number of sulfonamides is 1. The highest BCUT2D eigenvalue weighted by Gasteiger charge is 2.37. The third kappa shape index (κ3) is 6.36. The summed E-state index contributed by atoms with van der Waals surface area (Å²) in [6.45, 7) is 8.15. The summed E-state index contributed by atoms with van der Waals surface area (Å²) in [5, 5.41) is 2.24. The van der Waals surface area contributed by atoms with Crippen molar-refractivity contribution in [2.24, 2.45) is 5.18 Å². The quantitative estimate of drug-likeness (QED) is 0.355. The molecule has 0 spiro atoms. The van der Waals surface area contributed by atoms with Crippen LogP contribution in [0, 0.1) is 18.8 Å². The fourth-order valence-electron chi connectivity index (χ4n) is 4.37. The van der Waals surface area contributed by atoms with E-state index in [0.29, 0.717) is 36.8 Å². The summed E-state index contributed by atoms with van der Waals surface area (Å²) in [5.41, 5.74) is 4.70. The number of hydrogen-bond donors (Lipinski definition) is 1. The molecule has 0 radical (unpaired) electrons. The minimum absolute atomic E-state index is 0.0774. The van der Waals surface area contributed by atoms with Crippen molar-refractivity contribution >= 4 is 15.9 Å². The molecule has 3 aromatic rings. The monoisotopic (exact) mass is 537 g/mol. The van der Waals surface area contributed by atoms with E-state index >= 15 is 0 Å². The molecule has 1 unspecified atom stereocenters. The molecule has 0 aliphatic carbocycles. The molecule has 38 heavy (non-hydrogen) atoms. The lowest BCUT2D eigenvalue weighted by atomic mass is 9.98. The highest BCUT2D eigenvalue weighted by molar-refractivity contribution is 7.90. The van der Waals surface area contributed by atoms with Crippen LogP contribution in [0.3, 0.4) is 0 Å². The van der Waals surface area contributed by atoms with Crippen molar-refractivity contribution in [3.63, 3.8) is 0 Å². The van der Waals surface area contributed by atoms with Crippen LogP contribution >= 0.6 is 0 Å². The molecule has 1 aromatic heterocycles. The van der Waals surface area contributed by atoms with Gasteiger partial charge in [-0.15, -0.1) is 0 Å². The predicted molar refractivity (Wildman–Crippen MR) is 144 cm³/mol. The first-order valence-electron chi connectivity index (χ1n) is 12.3. The number of carbonyl (C=O) groups excluding carboxylic acids is 1. The molecule has 1 saturated heterocycles. The molecule has 2 heterocycles. The van der Waals surface area contributed by atoms with Gasteiger partial charge in [0, 0.05) is 23.7 Å². The summed E-state index contributed by atoms with van der Waals surface area (Å²) in [4.78, 5) is 27.0. The Balaban J connectivity index is 1.42. The van der Waals surface area contributed by atoms with Gasteiger partial charge in [-0.25, -0.2) is 13.4 Å². The van der Waals surface area contributed by atoms with Crippen molar-refractivity contribution < 1.29 is 22.7 Å². The number of nitroso groups, excluding NO2 is 1. The van der Waals surface area contributed by atoms with E-state index in [4.69, 9.17) is 9.47 Å². The van der Waals surface area contributed by atoms with Gasteiger partial charge in [-0.1, -0.05) is 35.5 Å². The van der Waals surface area contributed by atoms with E-state index < -0.39 is 26.7 Å². The summed E-state index contributed by atoms with van der Waals surface area (Å²) in [7, 11) is -3.68. The number of ether oxygens (including phenoxy) is 2. The molecule has 1 atom stereocenters. The Morgan fingerprint density at radius 3 is 2.45 bits per heavy atom. The molecule has 1 N–H and O–H groups in total. The van der Waals surface area contributed by atoms with Crippen molar-refractivity contribution in [1.82, 2.24) is 9.71 Å². The van der Waals surface area contributed by atoms with Gasteiger partial charge < -0.3 is 9.47 Å². The van der Waals surface area contributed by atoms with Gasteiger partial charge in [0.15, 0.2) is 0 Å². The second-order valence-electron chi connectivity index (χ2n) is 10.1. The average Bonchev–Trinajstić information content (AvgIpc) is 3.14. The van der Waals surface area contributed by atoms with Crippen LogP contribution in [0.4, 0.5) is 0 Å². The minimum atomic E-state index is -3.68. The number of amides is 1. The maximum Gasteiger partial charge on any atom is 0.242 e. The van der Waals surface area contributed by atoms with Gasteiger partial charge in [0.25, 0.3) is 0 Å². The zero-order valence-corrected chi connectivity index (χ0v) is 22.7. The van der Waals surface area contributed by atoms with Crippen LogP contribution in [0.15, 0.2) is 59.8 Å². The highest BCUT2D eigenvalue weighted by atomic mass is 32.2. The minimum Gasteiger partial charge on any atom is -0.489 e. The van der Waals surface area contributed by atoms with Crippen molar-refractivity contribution in [1.29, 1.82) is 0 Å². The number of nitrogens with one attached hydrogen (secondary N) is 1. The van der Waals surface area contributed by atoms with Crippen molar-refractivity contribution in [2.75, 3.05) is 6.61 Å². The van der Waals surface area contributed by atoms with Crippen LogP contribution in [0.2, 0.25) is 0 Å². The van der Waals surface area contributed by atoms with Crippen LogP contribution in [-0.4, -0.2) is 31.5 Å². The standard InChI is InChI=1S/C28H31N3O6S/c1-18-14-26(36-13-12-28(3,4)31-33)29-19(2)27(18)22-7-5-6-20(15-22)17-37-23-10-8-21(9-11-23)24-16-25(32)30-38(24,34)35/h5-11,14-15,24H,12-13,16-17H2,1-4H3,(H,30,32). The van der Waals surface area contributed by atoms with E-state index in [0.717, 1.165) is 27.9 Å². The summed E-state index contributed by atoms with van der Waals surface area (Å²) >= 11 is 0. The number of aryl methyl sites for hydroxylation is 2.